The van der Waals surface area contributed by atoms with Crippen molar-refractivity contribution in [2.45, 2.75) is 6.42 Å². The Morgan fingerprint density at radius 3 is 2.31 bits per heavy atom. The fraction of sp³-hybridized carbons (Fsp3) is 0.208. The van der Waals surface area contributed by atoms with E-state index in [2.05, 4.69) is 17.4 Å². The molecule has 1 N–H and O–H groups in total. The highest BCUT2D eigenvalue weighted by atomic mass is 16.5. The zero-order valence-electron chi connectivity index (χ0n) is 16.5. The van der Waals surface area contributed by atoms with Crippen LogP contribution >= 0.6 is 0 Å². The van der Waals surface area contributed by atoms with Crippen LogP contribution < -0.4 is 14.8 Å². The van der Waals surface area contributed by atoms with Crippen molar-refractivity contribution < 1.29 is 19.0 Å². The Hall–Kier alpha value is -3.31. The molecule has 0 radical (unpaired) electrons. The highest BCUT2D eigenvalue weighted by molar-refractivity contribution is 6.04. The highest BCUT2D eigenvalue weighted by Crippen LogP contribution is 2.19. The molecule has 3 rings (SSSR count). The van der Waals surface area contributed by atoms with Gasteiger partial charge in [-0.25, -0.2) is 0 Å². The lowest BCUT2D eigenvalue weighted by Gasteiger charge is -2.10. The molecule has 0 atom stereocenters. The number of benzene rings is 3. The van der Waals surface area contributed by atoms with Crippen molar-refractivity contribution in [3.8, 4) is 11.5 Å². The smallest absolute Gasteiger partial charge is 0.255 e. The van der Waals surface area contributed by atoms with E-state index in [0.29, 0.717) is 36.8 Å². The second kappa shape index (κ2) is 10.9. The van der Waals surface area contributed by atoms with Crippen LogP contribution in [0.4, 0.5) is 5.69 Å². The molecule has 0 aromatic heterocycles. The third-order valence-electron chi connectivity index (χ3n) is 4.27. The Balaban J connectivity index is 1.51. The van der Waals surface area contributed by atoms with Crippen LogP contribution in [0.5, 0.6) is 11.5 Å². The number of rotatable bonds is 10. The van der Waals surface area contributed by atoms with Gasteiger partial charge in [-0.15, -0.1) is 0 Å². The summed E-state index contributed by atoms with van der Waals surface area (Å²) in [7, 11) is 1.63. The first-order valence-electron chi connectivity index (χ1n) is 9.54. The van der Waals surface area contributed by atoms with Gasteiger partial charge in [0.05, 0.1) is 13.2 Å². The van der Waals surface area contributed by atoms with Gasteiger partial charge in [0, 0.05) is 30.8 Å². The average Bonchev–Trinajstić information content (AvgIpc) is 2.75. The van der Waals surface area contributed by atoms with Crippen LogP contribution in [0.3, 0.4) is 0 Å². The number of anilines is 1. The summed E-state index contributed by atoms with van der Waals surface area (Å²) in [5.74, 6) is 1.24. The average molecular weight is 391 g/mol. The summed E-state index contributed by atoms with van der Waals surface area (Å²) in [6.45, 7) is 1.57. The van der Waals surface area contributed by atoms with Gasteiger partial charge in [0.2, 0.25) is 0 Å². The molecule has 0 heterocycles. The number of methoxy groups -OCH3 is 1. The minimum Gasteiger partial charge on any atom is -0.493 e. The van der Waals surface area contributed by atoms with E-state index in [1.165, 1.54) is 5.56 Å². The van der Waals surface area contributed by atoms with E-state index in [1.54, 1.807) is 31.4 Å². The van der Waals surface area contributed by atoms with Crippen LogP contribution in [-0.2, 0) is 11.2 Å². The summed E-state index contributed by atoms with van der Waals surface area (Å²) < 4.78 is 16.3. The number of nitrogens with one attached hydrogen (secondary N) is 1. The number of carbonyl (C=O) groups excluding carboxylic acids is 1. The Kier molecular flexibility index (Phi) is 7.66. The van der Waals surface area contributed by atoms with Gasteiger partial charge in [-0.05, 0) is 42.0 Å². The second-order valence-electron chi connectivity index (χ2n) is 6.43. The molecule has 0 aliphatic rings. The molecule has 0 spiro atoms. The first-order valence-corrected chi connectivity index (χ1v) is 9.54. The molecule has 3 aromatic rings. The van der Waals surface area contributed by atoms with Gasteiger partial charge in [-0.3, -0.25) is 4.79 Å². The minimum absolute atomic E-state index is 0.185. The van der Waals surface area contributed by atoms with E-state index in [4.69, 9.17) is 14.2 Å². The molecule has 0 aliphatic heterocycles. The zero-order chi connectivity index (χ0) is 20.3. The van der Waals surface area contributed by atoms with Crippen LogP contribution in [0.1, 0.15) is 15.9 Å². The van der Waals surface area contributed by atoms with E-state index in [9.17, 15) is 4.79 Å². The summed E-state index contributed by atoms with van der Waals surface area (Å²) >= 11 is 0. The fourth-order valence-electron chi connectivity index (χ4n) is 2.74. The summed E-state index contributed by atoms with van der Waals surface area (Å²) in [6.07, 6.45) is 0.830. The summed E-state index contributed by atoms with van der Waals surface area (Å²) in [5, 5.41) is 2.90. The van der Waals surface area contributed by atoms with E-state index >= 15 is 0 Å². The zero-order valence-corrected chi connectivity index (χ0v) is 16.5. The van der Waals surface area contributed by atoms with Gasteiger partial charge in [-0.1, -0.05) is 36.4 Å². The lowest BCUT2D eigenvalue weighted by atomic mass is 10.2. The topological polar surface area (TPSA) is 56.8 Å². The minimum atomic E-state index is -0.185. The monoisotopic (exact) mass is 391 g/mol. The SMILES string of the molecule is COCCOc1ccc(C(=O)Nc2cccc(OCCc3ccccc3)c2)cc1. The Morgan fingerprint density at radius 1 is 0.793 bits per heavy atom. The predicted octanol–water partition coefficient (Wildman–Crippen LogP) is 4.59. The molecule has 0 saturated carbocycles. The van der Waals surface area contributed by atoms with Gasteiger partial charge >= 0.3 is 0 Å². The van der Waals surface area contributed by atoms with Gasteiger partial charge in [0.1, 0.15) is 18.1 Å². The van der Waals surface area contributed by atoms with Crippen molar-refractivity contribution in [3.05, 3.63) is 90.0 Å². The normalized spacial score (nSPS) is 10.4. The molecular weight excluding hydrogens is 366 g/mol. The molecule has 5 nitrogen and oxygen atoms in total. The maximum atomic E-state index is 12.5. The number of hydrogen-bond acceptors (Lipinski definition) is 4. The molecule has 0 unspecified atom stereocenters. The summed E-state index contributed by atoms with van der Waals surface area (Å²) in [6, 6.07) is 24.6. The predicted molar refractivity (Wildman–Crippen MR) is 114 cm³/mol. The van der Waals surface area contributed by atoms with Crippen LogP contribution in [0.2, 0.25) is 0 Å². The molecule has 5 heteroatoms. The maximum Gasteiger partial charge on any atom is 0.255 e. The van der Waals surface area contributed by atoms with Crippen LogP contribution in [0.15, 0.2) is 78.9 Å². The molecule has 150 valence electrons. The number of ether oxygens (including phenoxy) is 3. The third-order valence-corrected chi connectivity index (χ3v) is 4.27. The summed E-state index contributed by atoms with van der Waals surface area (Å²) in [5.41, 5.74) is 2.47. The molecule has 0 bridgehead atoms. The van der Waals surface area contributed by atoms with E-state index in [-0.39, 0.29) is 5.91 Å². The van der Waals surface area contributed by atoms with E-state index in [0.717, 1.165) is 12.2 Å². The van der Waals surface area contributed by atoms with Gasteiger partial charge in [0.25, 0.3) is 5.91 Å². The highest BCUT2D eigenvalue weighted by Gasteiger charge is 2.07. The fourth-order valence-corrected chi connectivity index (χ4v) is 2.74. The molecule has 1 amide bonds. The van der Waals surface area contributed by atoms with Crippen molar-refractivity contribution in [2.75, 3.05) is 32.2 Å². The molecule has 0 fully saturated rings. The first-order chi connectivity index (χ1) is 14.2. The van der Waals surface area contributed by atoms with Gasteiger partial charge in [-0.2, -0.15) is 0 Å². The van der Waals surface area contributed by atoms with Crippen molar-refractivity contribution in [1.82, 2.24) is 0 Å². The standard InChI is InChI=1S/C24H25NO4/c1-27-16-17-29-22-12-10-20(11-13-22)24(26)25-21-8-5-9-23(18-21)28-15-14-19-6-3-2-4-7-19/h2-13,18H,14-17H2,1H3,(H,25,26). The van der Waals surface area contributed by atoms with Crippen LogP contribution in [0, 0.1) is 0 Å². The Labute approximate surface area is 171 Å². The Morgan fingerprint density at radius 2 is 1.55 bits per heavy atom. The molecule has 3 aromatic carbocycles. The Bertz CT molecular complexity index is 894. The third kappa shape index (κ3) is 6.66. The lowest BCUT2D eigenvalue weighted by molar-refractivity contribution is 0.102. The van der Waals surface area contributed by atoms with Gasteiger partial charge < -0.3 is 19.5 Å². The van der Waals surface area contributed by atoms with Crippen LogP contribution in [0.25, 0.3) is 0 Å². The molecule has 29 heavy (non-hydrogen) atoms. The van der Waals surface area contributed by atoms with E-state index < -0.39 is 0 Å². The molecule has 0 saturated heterocycles. The summed E-state index contributed by atoms with van der Waals surface area (Å²) in [4.78, 5) is 12.5. The second-order valence-corrected chi connectivity index (χ2v) is 6.43. The first kappa shape index (κ1) is 20.4. The quantitative estimate of drug-likeness (QED) is 0.514. The molecular formula is C24H25NO4. The number of hydrogen-bond donors (Lipinski definition) is 1. The number of amides is 1. The van der Waals surface area contributed by atoms with Crippen molar-refractivity contribution >= 4 is 11.6 Å². The van der Waals surface area contributed by atoms with Crippen LogP contribution in [-0.4, -0.2) is 32.8 Å². The lowest BCUT2D eigenvalue weighted by Crippen LogP contribution is -2.12. The number of carbonyl (C=O) groups is 1. The maximum absolute atomic E-state index is 12.5. The largest absolute Gasteiger partial charge is 0.493 e. The van der Waals surface area contributed by atoms with Gasteiger partial charge in [0.15, 0.2) is 0 Å². The van der Waals surface area contributed by atoms with Crippen molar-refractivity contribution in [1.29, 1.82) is 0 Å². The molecule has 0 aliphatic carbocycles. The van der Waals surface area contributed by atoms with Crippen molar-refractivity contribution in [2.24, 2.45) is 0 Å². The van der Waals surface area contributed by atoms with Crippen molar-refractivity contribution in [3.63, 3.8) is 0 Å². The van der Waals surface area contributed by atoms with E-state index in [1.807, 2.05) is 42.5 Å².